The highest BCUT2D eigenvalue weighted by Gasteiger charge is 2.26. The van der Waals surface area contributed by atoms with Crippen molar-refractivity contribution in [3.63, 3.8) is 0 Å². The van der Waals surface area contributed by atoms with E-state index >= 15 is 0 Å². The van der Waals surface area contributed by atoms with E-state index in [0.717, 1.165) is 6.42 Å². The topological polar surface area (TPSA) is 128 Å². The van der Waals surface area contributed by atoms with Gasteiger partial charge >= 0.3 is 11.9 Å². The first-order chi connectivity index (χ1) is 14.6. The molecule has 31 heavy (non-hydrogen) atoms. The second-order valence-corrected chi connectivity index (χ2v) is 7.85. The normalized spacial score (nSPS) is 13.6. The Labute approximate surface area is 184 Å². The van der Waals surface area contributed by atoms with E-state index in [1.54, 1.807) is 0 Å². The lowest BCUT2D eigenvalue weighted by molar-refractivity contribution is -0.147. The van der Waals surface area contributed by atoms with Crippen molar-refractivity contribution < 1.29 is 33.4 Å². The molecule has 1 unspecified atom stereocenters. The minimum atomic E-state index is -0.967. The van der Waals surface area contributed by atoms with Crippen LogP contribution in [-0.2, 0) is 19.1 Å². The standard InChI is InChI=1S/C11H21NO4.C11H17NO3/c1-5-8(7(2)3)10(14)12-9(6-13)11(15)16-4;1-5-8(7(2)3)10-12-9(6-15-10)11(13)14-4/h7-9,13H,5-6H2,1-4H3,(H,12,14);6-8H,5H2,1-4H3/t8-,9?;8-/m11/s1. The van der Waals surface area contributed by atoms with E-state index in [0.29, 0.717) is 18.2 Å². The highest BCUT2D eigenvalue weighted by atomic mass is 16.5. The average molecular weight is 443 g/mol. The molecule has 0 bridgehead atoms. The van der Waals surface area contributed by atoms with Gasteiger partial charge in [-0.15, -0.1) is 0 Å². The third-order valence-corrected chi connectivity index (χ3v) is 5.04. The van der Waals surface area contributed by atoms with Crippen LogP contribution in [0.15, 0.2) is 10.7 Å². The zero-order chi connectivity index (χ0) is 24.1. The van der Waals surface area contributed by atoms with Crippen LogP contribution in [0.3, 0.4) is 0 Å². The predicted octanol–water partition coefficient (Wildman–Crippen LogP) is 2.93. The number of aliphatic hydroxyl groups excluding tert-OH is 1. The molecule has 1 aromatic rings. The fourth-order valence-corrected chi connectivity index (χ4v) is 3.15. The summed E-state index contributed by atoms with van der Waals surface area (Å²) in [4.78, 5) is 38.2. The fourth-order valence-electron chi connectivity index (χ4n) is 3.15. The molecule has 178 valence electrons. The monoisotopic (exact) mass is 442 g/mol. The van der Waals surface area contributed by atoms with Gasteiger partial charge in [0.05, 0.1) is 20.8 Å². The Morgan fingerprint density at radius 3 is 2.06 bits per heavy atom. The van der Waals surface area contributed by atoms with Crippen LogP contribution in [0.25, 0.3) is 0 Å². The van der Waals surface area contributed by atoms with Crippen LogP contribution in [0.1, 0.15) is 76.7 Å². The van der Waals surface area contributed by atoms with Gasteiger partial charge in [-0.25, -0.2) is 14.6 Å². The number of hydrogen-bond acceptors (Lipinski definition) is 8. The van der Waals surface area contributed by atoms with Crippen molar-refractivity contribution in [1.82, 2.24) is 10.3 Å². The Bertz CT molecular complexity index is 685. The number of nitrogens with zero attached hydrogens (tertiary/aromatic N) is 1. The van der Waals surface area contributed by atoms with Gasteiger partial charge in [0.25, 0.3) is 0 Å². The summed E-state index contributed by atoms with van der Waals surface area (Å²) in [5.41, 5.74) is 0.242. The fraction of sp³-hybridized carbons (Fsp3) is 0.727. The van der Waals surface area contributed by atoms with Gasteiger partial charge in [-0.05, 0) is 24.7 Å². The summed E-state index contributed by atoms with van der Waals surface area (Å²) in [6.07, 6.45) is 2.99. The van der Waals surface area contributed by atoms with Gasteiger partial charge in [-0.1, -0.05) is 41.5 Å². The van der Waals surface area contributed by atoms with E-state index in [2.05, 4.69) is 40.5 Å². The molecule has 3 atom stereocenters. The lowest BCUT2D eigenvalue weighted by Gasteiger charge is -2.21. The van der Waals surface area contributed by atoms with Gasteiger partial charge in [0.15, 0.2) is 17.6 Å². The van der Waals surface area contributed by atoms with Crippen molar-refractivity contribution in [2.75, 3.05) is 20.8 Å². The SMILES string of the molecule is CC[C@@H](C(=O)NC(CO)C(=O)OC)C(C)C.CC[C@@H](c1nc(C(=O)OC)co1)C(C)C. The Hall–Kier alpha value is -2.42. The van der Waals surface area contributed by atoms with Crippen molar-refractivity contribution >= 4 is 17.8 Å². The minimum absolute atomic E-state index is 0.154. The molecule has 1 heterocycles. The lowest BCUT2D eigenvalue weighted by Crippen LogP contribution is -2.47. The molecule has 9 heteroatoms. The zero-order valence-electron chi connectivity index (χ0n) is 19.9. The van der Waals surface area contributed by atoms with Crippen LogP contribution in [0.4, 0.5) is 0 Å². The summed E-state index contributed by atoms with van der Waals surface area (Å²) < 4.78 is 14.3. The van der Waals surface area contributed by atoms with Crippen molar-refractivity contribution in [3.8, 4) is 0 Å². The van der Waals surface area contributed by atoms with Gasteiger partial charge < -0.3 is 24.3 Å². The number of rotatable bonds is 10. The van der Waals surface area contributed by atoms with Crippen LogP contribution < -0.4 is 5.32 Å². The number of aliphatic hydroxyl groups is 1. The number of ether oxygens (including phenoxy) is 2. The molecule has 0 fully saturated rings. The van der Waals surface area contributed by atoms with Crippen molar-refractivity contribution in [2.24, 2.45) is 17.8 Å². The second-order valence-electron chi connectivity index (χ2n) is 7.85. The molecular formula is C22H38N2O7. The van der Waals surface area contributed by atoms with Crippen LogP contribution in [0.5, 0.6) is 0 Å². The number of carbonyl (C=O) groups is 3. The third kappa shape index (κ3) is 9.08. The number of oxazole rings is 1. The molecule has 0 aliphatic rings. The number of methoxy groups -OCH3 is 2. The Balaban J connectivity index is 0.000000581. The molecule has 1 amide bonds. The summed E-state index contributed by atoms with van der Waals surface area (Å²) >= 11 is 0. The average Bonchev–Trinajstić information content (AvgIpc) is 3.21. The summed E-state index contributed by atoms with van der Waals surface area (Å²) in [7, 11) is 2.55. The molecule has 0 aliphatic carbocycles. The van der Waals surface area contributed by atoms with Crippen molar-refractivity contribution in [1.29, 1.82) is 0 Å². The van der Waals surface area contributed by atoms with Crippen LogP contribution >= 0.6 is 0 Å². The minimum Gasteiger partial charge on any atom is -0.467 e. The maximum Gasteiger partial charge on any atom is 0.360 e. The van der Waals surface area contributed by atoms with Gasteiger partial charge in [0.1, 0.15) is 6.26 Å². The van der Waals surface area contributed by atoms with E-state index in [9.17, 15) is 14.4 Å². The van der Waals surface area contributed by atoms with Crippen molar-refractivity contribution in [2.45, 2.75) is 66.3 Å². The first kappa shape index (κ1) is 28.6. The van der Waals surface area contributed by atoms with Crippen molar-refractivity contribution in [3.05, 3.63) is 17.8 Å². The maximum absolute atomic E-state index is 11.8. The number of aromatic nitrogens is 1. The van der Waals surface area contributed by atoms with Gasteiger partial charge in [0.2, 0.25) is 5.91 Å². The quantitative estimate of drug-likeness (QED) is 0.529. The second kappa shape index (κ2) is 14.6. The molecule has 0 aromatic carbocycles. The van der Waals surface area contributed by atoms with E-state index in [4.69, 9.17) is 9.52 Å². The summed E-state index contributed by atoms with van der Waals surface area (Å²) in [5, 5.41) is 11.4. The van der Waals surface area contributed by atoms with Gasteiger partial charge in [-0.3, -0.25) is 4.79 Å². The summed E-state index contributed by atoms with van der Waals surface area (Å²) in [6.45, 7) is 11.6. The van der Waals surface area contributed by atoms with Gasteiger partial charge in [-0.2, -0.15) is 0 Å². The number of nitrogens with one attached hydrogen (secondary N) is 1. The van der Waals surface area contributed by atoms with E-state index < -0.39 is 24.6 Å². The van der Waals surface area contributed by atoms with Crippen LogP contribution in [0, 0.1) is 17.8 Å². The highest BCUT2D eigenvalue weighted by Crippen LogP contribution is 2.26. The largest absolute Gasteiger partial charge is 0.467 e. The zero-order valence-corrected chi connectivity index (χ0v) is 19.9. The molecule has 0 radical (unpaired) electrons. The molecule has 0 spiro atoms. The molecule has 1 aromatic heterocycles. The highest BCUT2D eigenvalue weighted by molar-refractivity contribution is 5.86. The molecule has 9 nitrogen and oxygen atoms in total. The number of esters is 2. The first-order valence-electron chi connectivity index (χ1n) is 10.6. The smallest absolute Gasteiger partial charge is 0.360 e. The number of carbonyl (C=O) groups excluding carboxylic acids is 3. The Morgan fingerprint density at radius 1 is 1.06 bits per heavy atom. The van der Waals surface area contributed by atoms with Crippen LogP contribution in [0.2, 0.25) is 0 Å². The summed E-state index contributed by atoms with van der Waals surface area (Å²) in [5.74, 6) is 0.0520. The maximum atomic E-state index is 11.8. The number of hydrogen-bond donors (Lipinski definition) is 2. The predicted molar refractivity (Wildman–Crippen MR) is 115 cm³/mol. The van der Waals surface area contributed by atoms with E-state index in [1.807, 2.05) is 20.8 Å². The molecule has 1 rings (SSSR count). The molecule has 0 saturated carbocycles. The third-order valence-electron chi connectivity index (χ3n) is 5.04. The molecular weight excluding hydrogens is 404 g/mol. The Morgan fingerprint density at radius 2 is 1.68 bits per heavy atom. The van der Waals surface area contributed by atoms with Gasteiger partial charge in [0, 0.05) is 11.8 Å². The lowest BCUT2D eigenvalue weighted by atomic mass is 9.92. The molecule has 0 aliphatic heterocycles. The first-order valence-corrected chi connectivity index (χ1v) is 10.6. The van der Waals surface area contributed by atoms with Crippen LogP contribution in [-0.4, -0.2) is 54.8 Å². The summed E-state index contributed by atoms with van der Waals surface area (Å²) in [6, 6.07) is -0.967. The molecule has 2 N–H and O–H groups in total. The molecule has 0 saturated heterocycles. The van der Waals surface area contributed by atoms with E-state index in [1.165, 1.54) is 20.5 Å². The number of amides is 1. The Kier molecular flexibility index (Phi) is 13.4. The van der Waals surface area contributed by atoms with E-state index in [-0.39, 0.29) is 29.4 Å².